The van der Waals surface area contributed by atoms with E-state index in [9.17, 15) is 4.79 Å². The summed E-state index contributed by atoms with van der Waals surface area (Å²) >= 11 is 0. The van der Waals surface area contributed by atoms with Crippen molar-refractivity contribution >= 4 is 5.91 Å². The van der Waals surface area contributed by atoms with Crippen LogP contribution < -0.4 is 16.2 Å². The van der Waals surface area contributed by atoms with Crippen molar-refractivity contribution in [1.82, 2.24) is 21.1 Å². The number of likely N-dealkylation sites (tertiary alicyclic amines) is 1. The molecule has 3 heterocycles. The average Bonchev–Trinajstić information content (AvgIpc) is 2.91. The van der Waals surface area contributed by atoms with E-state index >= 15 is 0 Å². The van der Waals surface area contributed by atoms with E-state index in [-0.39, 0.29) is 18.0 Å². The molecule has 3 saturated heterocycles. The molecule has 0 aliphatic carbocycles. The van der Waals surface area contributed by atoms with Crippen LogP contribution in [0.15, 0.2) is 30.3 Å². The second-order valence-corrected chi connectivity index (χ2v) is 7.34. The van der Waals surface area contributed by atoms with Crippen LogP contribution in [0.2, 0.25) is 0 Å². The maximum atomic E-state index is 13.4. The van der Waals surface area contributed by atoms with Gasteiger partial charge >= 0.3 is 0 Å². The summed E-state index contributed by atoms with van der Waals surface area (Å²) in [5.74, 6) is 0.625. The van der Waals surface area contributed by atoms with Gasteiger partial charge in [-0.3, -0.25) is 10.2 Å². The molecule has 0 bridgehead atoms. The highest BCUT2D eigenvalue weighted by Gasteiger charge is 2.44. The highest BCUT2D eigenvalue weighted by molar-refractivity contribution is 5.83. The van der Waals surface area contributed by atoms with Gasteiger partial charge in [0.15, 0.2) is 0 Å². The first-order valence-corrected chi connectivity index (χ1v) is 9.42. The summed E-state index contributed by atoms with van der Waals surface area (Å²) in [5, 5.41) is 3.45. The summed E-state index contributed by atoms with van der Waals surface area (Å²) in [6.07, 6.45) is 5.69. The number of nitrogens with zero attached hydrogens (tertiary/aromatic N) is 1. The van der Waals surface area contributed by atoms with E-state index in [0.29, 0.717) is 12.0 Å². The average molecular weight is 328 g/mol. The zero-order valence-electron chi connectivity index (χ0n) is 14.2. The third kappa shape index (κ3) is 3.08. The third-order valence-electron chi connectivity index (χ3n) is 5.87. The zero-order valence-corrected chi connectivity index (χ0v) is 14.2. The Kier molecular flexibility index (Phi) is 4.83. The van der Waals surface area contributed by atoms with E-state index in [1.807, 2.05) is 6.07 Å². The van der Waals surface area contributed by atoms with Crippen molar-refractivity contribution in [3.05, 3.63) is 35.9 Å². The van der Waals surface area contributed by atoms with Crippen molar-refractivity contribution in [2.75, 3.05) is 19.6 Å². The van der Waals surface area contributed by atoms with Gasteiger partial charge in [-0.1, -0.05) is 43.2 Å². The molecule has 1 amide bonds. The predicted molar refractivity (Wildman–Crippen MR) is 94.2 cm³/mol. The molecule has 0 saturated carbocycles. The Balaban J connectivity index is 1.56. The Morgan fingerprint density at radius 3 is 2.79 bits per heavy atom. The fourth-order valence-electron chi connectivity index (χ4n) is 4.53. The minimum absolute atomic E-state index is 0.105. The van der Waals surface area contributed by atoms with Crippen LogP contribution in [-0.4, -0.2) is 42.5 Å². The van der Waals surface area contributed by atoms with E-state index in [2.05, 4.69) is 45.3 Å². The van der Waals surface area contributed by atoms with Gasteiger partial charge in [0.05, 0.1) is 6.04 Å². The van der Waals surface area contributed by atoms with Crippen molar-refractivity contribution in [3.63, 3.8) is 0 Å². The second kappa shape index (κ2) is 7.21. The molecule has 0 radical (unpaired) electrons. The number of hydrogen-bond donors (Lipinski definition) is 3. The van der Waals surface area contributed by atoms with Crippen molar-refractivity contribution < 1.29 is 4.79 Å². The lowest BCUT2D eigenvalue weighted by Gasteiger charge is -2.35. The molecule has 0 spiro atoms. The second-order valence-electron chi connectivity index (χ2n) is 7.34. The molecular formula is C19H28N4O. The van der Waals surface area contributed by atoms with Crippen LogP contribution in [0, 0.1) is 5.92 Å². The van der Waals surface area contributed by atoms with Gasteiger partial charge in [0.2, 0.25) is 5.91 Å². The minimum Gasteiger partial charge on any atom is -0.334 e. The molecule has 1 aromatic carbocycles. The number of amides is 1. The number of fused-ring (bicyclic) bond motifs is 1. The number of piperidine rings is 1. The Morgan fingerprint density at radius 2 is 1.92 bits per heavy atom. The molecule has 4 atom stereocenters. The lowest BCUT2D eigenvalue weighted by Crippen LogP contribution is -2.51. The first-order chi connectivity index (χ1) is 11.8. The van der Waals surface area contributed by atoms with Crippen LogP contribution in [0.1, 0.15) is 43.7 Å². The quantitative estimate of drug-likeness (QED) is 0.772. The molecule has 0 aromatic heterocycles. The number of carbonyl (C=O) groups excluding carboxylic acids is 1. The fourth-order valence-corrected chi connectivity index (χ4v) is 4.53. The minimum atomic E-state index is -0.105. The fraction of sp³-hybridized carbons (Fsp3) is 0.632. The monoisotopic (exact) mass is 328 g/mol. The van der Waals surface area contributed by atoms with Gasteiger partial charge < -0.3 is 10.2 Å². The van der Waals surface area contributed by atoms with E-state index in [1.54, 1.807) is 0 Å². The van der Waals surface area contributed by atoms with Gasteiger partial charge in [0, 0.05) is 25.0 Å². The lowest BCUT2D eigenvalue weighted by molar-refractivity contribution is -0.136. The van der Waals surface area contributed by atoms with Gasteiger partial charge in [0.1, 0.15) is 6.04 Å². The van der Waals surface area contributed by atoms with Crippen LogP contribution in [0.5, 0.6) is 0 Å². The number of nitrogens with one attached hydrogen (secondary N) is 3. The molecule has 1 aromatic rings. The van der Waals surface area contributed by atoms with Crippen molar-refractivity contribution in [2.24, 2.45) is 5.92 Å². The molecule has 3 fully saturated rings. The molecule has 4 unspecified atom stereocenters. The van der Waals surface area contributed by atoms with Crippen molar-refractivity contribution in [1.29, 1.82) is 0 Å². The molecule has 3 aliphatic heterocycles. The number of benzene rings is 1. The summed E-state index contributed by atoms with van der Waals surface area (Å²) in [6, 6.07) is 11.1. The standard InChI is InChI=1S/C19H28N4O/c24-19(18-15-13-20-11-10-16(15)21-22-18)23-12-6-2-5-9-17(23)14-7-3-1-4-8-14/h1,3-4,7-8,15-18,20-22H,2,5-6,9-13H2. The van der Waals surface area contributed by atoms with E-state index < -0.39 is 0 Å². The van der Waals surface area contributed by atoms with Gasteiger partial charge in [-0.05, 0) is 31.4 Å². The predicted octanol–water partition coefficient (Wildman–Crippen LogP) is 1.58. The van der Waals surface area contributed by atoms with Crippen molar-refractivity contribution in [2.45, 2.75) is 50.2 Å². The third-order valence-corrected chi connectivity index (χ3v) is 5.87. The van der Waals surface area contributed by atoms with Crippen LogP contribution in [0.25, 0.3) is 0 Å². The smallest absolute Gasteiger partial charge is 0.241 e. The Hall–Kier alpha value is -1.43. The molecule has 130 valence electrons. The summed E-state index contributed by atoms with van der Waals surface area (Å²) in [6.45, 7) is 2.83. The molecule has 5 nitrogen and oxygen atoms in total. The molecule has 5 heteroatoms. The van der Waals surface area contributed by atoms with Gasteiger partial charge in [-0.15, -0.1) is 0 Å². The first kappa shape index (κ1) is 16.1. The topological polar surface area (TPSA) is 56.4 Å². The Morgan fingerprint density at radius 1 is 1.04 bits per heavy atom. The van der Waals surface area contributed by atoms with Crippen LogP contribution in [-0.2, 0) is 4.79 Å². The summed E-state index contributed by atoms with van der Waals surface area (Å²) < 4.78 is 0. The zero-order chi connectivity index (χ0) is 16.4. The molecular weight excluding hydrogens is 300 g/mol. The summed E-state index contributed by atoms with van der Waals surface area (Å²) in [4.78, 5) is 15.5. The highest BCUT2D eigenvalue weighted by atomic mass is 16.2. The number of carbonyl (C=O) groups is 1. The first-order valence-electron chi connectivity index (χ1n) is 9.42. The molecule has 24 heavy (non-hydrogen) atoms. The van der Waals surface area contributed by atoms with Gasteiger partial charge in [0.25, 0.3) is 0 Å². The summed E-state index contributed by atoms with van der Waals surface area (Å²) in [5.41, 5.74) is 7.94. The maximum Gasteiger partial charge on any atom is 0.241 e. The molecule has 3 aliphatic rings. The SMILES string of the molecule is O=C(C1NNC2CCNCC21)N1CCCCCC1c1ccccc1. The number of rotatable bonds is 2. The number of hydrogen-bond acceptors (Lipinski definition) is 4. The van der Waals surface area contributed by atoms with Crippen molar-refractivity contribution in [3.8, 4) is 0 Å². The lowest BCUT2D eigenvalue weighted by atomic mass is 9.88. The summed E-state index contributed by atoms with van der Waals surface area (Å²) in [7, 11) is 0. The normalized spacial score (nSPS) is 33.8. The van der Waals surface area contributed by atoms with Crippen LogP contribution in [0.3, 0.4) is 0 Å². The van der Waals surface area contributed by atoms with E-state index in [4.69, 9.17) is 0 Å². The van der Waals surface area contributed by atoms with Gasteiger partial charge in [-0.2, -0.15) is 0 Å². The van der Waals surface area contributed by atoms with E-state index in [0.717, 1.165) is 38.9 Å². The maximum absolute atomic E-state index is 13.4. The number of hydrazine groups is 1. The molecule has 4 rings (SSSR count). The van der Waals surface area contributed by atoms with Gasteiger partial charge in [-0.25, -0.2) is 5.43 Å². The van der Waals surface area contributed by atoms with Crippen LogP contribution >= 0.6 is 0 Å². The van der Waals surface area contributed by atoms with Crippen LogP contribution in [0.4, 0.5) is 0 Å². The molecule has 3 N–H and O–H groups in total. The Bertz CT molecular complexity index is 564. The highest BCUT2D eigenvalue weighted by Crippen LogP contribution is 2.32. The Labute approximate surface area is 144 Å². The largest absolute Gasteiger partial charge is 0.334 e. The van der Waals surface area contributed by atoms with E-state index in [1.165, 1.54) is 18.4 Å².